The van der Waals surface area contributed by atoms with Gasteiger partial charge in [-0.15, -0.1) is 0 Å². The molecule has 0 fully saturated rings. The third kappa shape index (κ3) is 2.95. The van der Waals surface area contributed by atoms with Crippen molar-refractivity contribution in [1.82, 2.24) is 0 Å². The van der Waals surface area contributed by atoms with Crippen LogP contribution in [0.25, 0.3) is 0 Å². The van der Waals surface area contributed by atoms with Crippen molar-refractivity contribution in [3.05, 3.63) is 32.2 Å². The van der Waals surface area contributed by atoms with Crippen molar-refractivity contribution in [2.45, 2.75) is 27.7 Å². The zero-order chi connectivity index (χ0) is 12.5. The second kappa shape index (κ2) is 5.46. The lowest BCUT2D eigenvalue weighted by molar-refractivity contribution is 0.0899. The van der Waals surface area contributed by atoms with Gasteiger partial charge in [0.25, 0.3) is 0 Å². The Balaban J connectivity index is 3.14. The van der Waals surface area contributed by atoms with E-state index in [2.05, 4.69) is 45.7 Å². The summed E-state index contributed by atoms with van der Waals surface area (Å²) < 4.78 is 1.86. The van der Waals surface area contributed by atoms with Crippen LogP contribution in [0.15, 0.2) is 21.1 Å². The molecule has 0 N–H and O–H groups in total. The molecular formula is C13H16Br2O. The Morgan fingerprint density at radius 1 is 1.12 bits per heavy atom. The molecule has 1 aromatic carbocycles. The maximum Gasteiger partial charge on any atom is 0.167 e. The van der Waals surface area contributed by atoms with E-state index in [0.29, 0.717) is 5.92 Å². The van der Waals surface area contributed by atoms with E-state index in [1.54, 1.807) is 0 Å². The number of hydrogen-bond donors (Lipinski definition) is 0. The number of rotatable bonds is 3. The Kier molecular flexibility index (Phi) is 4.74. The molecule has 1 aromatic rings. The van der Waals surface area contributed by atoms with Crippen LogP contribution in [0.4, 0.5) is 0 Å². The number of carbonyl (C=O) groups excluding carboxylic acids is 1. The van der Waals surface area contributed by atoms with Gasteiger partial charge in [-0.05, 0) is 30.5 Å². The number of aryl methyl sites for hydroxylation is 1. The molecule has 0 aliphatic heterocycles. The molecule has 88 valence electrons. The average molecular weight is 348 g/mol. The molecule has 1 rings (SSSR count). The van der Waals surface area contributed by atoms with Gasteiger partial charge in [0.1, 0.15) is 0 Å². The Bertz CT molecular complexity index is 411. The normalized spacial score (nSPS) is 12.9. The van der Waals surface area contributed by atoms with Crippen molar-refractivity contribution in [3.63, 3.8) is 0 Å². The largest absolute Gasteiger partial charge is 0.294 e. The van der Waals surface area contributed by atoms with E-state index in [0.717, 1.165) is 20.1 Å². The molecule has 1 atom stereocenters. The number of carbonyl (C=O) groups is 1. The third-order valence-electron chi connectivity index (χ3n) is 2.93. The summed E-state index contributed by atoms with van der Waals surface area (Å²) in [4.78, 5) is 12.2. The molecular weight excluding hydrogens is 332 g/mol. The fourth-order valence-corrected chi connectivity index (χ4v) is 2.38. The van der Waals surface area contributed by atoms with Crippen molar-refractivity contribution in [1.29, 1.82) is 0 Å². The standard InChI is InChI=1S/C13H16Br2O/c1-7(2)9(4)13(16)10-6-11(14)8(3)5-12(10)15/h5-7,9H,1-4H3. The maximum atomic E-state index is 12.2. The van der Waals surface area contributed by atoms with E-state index in [-0.39, 0.29) is 11.7 Å². The highest BCUT2D eigenvalue weighted by Gasteiger charge is 2.21. The van der Waals surface area contributed by atoms with Gasteiger partial charge >= 0.3 is 0 Å². The zero-order valence-corrected chi connectivity index (χ0v) is 13.1. The van der Waals surface area contributed by atoms with Crippen LogP contribution >= 0.6 is 31.9 Å². The first-order valence-electron chi connectivity index (χ1n) is 5.34. The van der Waals surface area contributed by atoms with E-state index in [1.807, 2.05) is 26.0 Å². The third-order valence-corrected chi connectivity index (χ3v) is 4.44. The van der Waals surface area contributed by atoms with Gasteiger partial charge in [0.05, 0.1) is 0 Å². The first-order valence-corrected chi connectivity index (χ1v) is 6.93. The monoisotopic (exact) mass is 346 g/mol. The van der Waals surface area contributed by atoms with Gasteiger partial charge in [-0.25, -0.2) is 0 Å². The van der Waals surface area contributed by atoms with E-state index in [9.17, 15) is 4.79 Å². The highest BCUT2D eigenvalue weighted by Crippen LogP contribution is 2.28. The lowest BCUT2D eigenvalue weighted by Crippen LogP contribution is -2.17. The summed E-state index contributed by atoms with van der Waals surface area (Å²) in [6, 6.07) is 3.88. The Labute approximate surface area is 114 Å². The summed E-state index contributed by atoms with van der Waals surface area (Å²) >= 11 is 6.92. The average Bonchev–Trinajstić information content (AvgIpc) is 2.21. The molecule has 0 bridgehead atoms. The van der Waals surface area contributed by atoms with Gasteiger partial charge in [-0.3, -0.25) is 4.79 Å². The molecule has 0 spiro atoms. The van der Waals surface area contributed by atoms with Crippen LogP contribution < -0.4 is 0 Å². The quantitative estimate of drug-likeness (QED) is 0.703. The topological polar surface area (TPSA) is 17.1 Å². The number of ketones is 1. The summed E-state index contributed by atoms with van der Waals surface area (Å²) in [6.45, 7) is 8.13. The number of Topliss-reactive ketones (excluding diaryl/α,β-unsaturated/α-hetero) is 1. The molecule has 0 amide bonds. The van der Waals surface area contributed by atoms with E-state index < -0.39 is 0 Å². The minimum atomic E-state index is 0.0471. The lowest BCUT2D eigenvalue weighted by atomic mass is 9.89. The minimum Gasteiger partial charge on any atom is -0.294 e. The van der Waals surface area contributed by atoms with Crippen LogP contribution in [-0.2, 0) is 0 Å². The Morgan fingerprint density at radius 2 is 1.69 bits per heavy atom. The summed E-state index contributed by atoms with van der Waals surface area (Å²) in [5.74, 6) is 0.605. The van der Waals surface area contributed by atoms with Crippen molar-refractivity contribution in [2.75, 3.05) is 0 Å². The maximum absolute atomic E-state index is 12.2. The van der Waals surface area contributed by atoms with E-state index >= 15 is 0 Å². The molecule has 0 aromatic heterocycles. The van der Waals surface area contributed by atoms with Crippen LogP contribution in [0, 0.1) is 18.8 Å². The predicted octanol–water partition coefficient (Wildman–Crippen LogP) is 4.99. The van der Waals surface area contributed by atoms with Crippen molar-refractivity contribution < 1.29 is 4.79 Å². The Hall–Kier alpha value is -0.150. The molecule has 1 unspecified atom stereocenters. The molecule has 0 heterocycles. The molecule has 0 saturated heterocycles. The number of hydrogen-bond acceptors (Lipinski definition) is 1. The van der Waals surface area contributed by atoms with Crippen molar-refractivity contribution in [3.8, 4) is 0 Å². The van der Waals surface area contributed by atoms with Crippen molar-refractivity contribution >= 4 is 37.6 Å². The minimum absolute atomic E-state index is 0.0471. The highest BCUT2D eigenvalue weighted by molar-refractivity contribution is 9.11. The second-order valence-electron chi connectivity index (χ2n) is 4.48. The first-order chi connectivity index (χ1) is 7.34. The molecule has 0 aliphatic rings. The smallest absolute Gasteiger partial charge is 0.167 e. The van der Waals surface area contributed by atoms with E-state index in [4.69, 9.17) is 0 Å². The Morgan fingerprint density at radius 3 is 2.19 bits per heavy atom. The molecule has 3 heteroatoms. The van der Waals surface area contributed by atoms with E-state index in [1.165, 1.54) is 0 Å². The first kappa shape index (κ1) is 13.9. The summed E-state index contributed by atoms with van der Waals surface area (Å²) in [5.41, 5.74) is 1.89. The van der Waals surface area contributed by atoms with Gasteiger partial charge < -0.3 is 0 Å². The van der Waals surface area contributed by atoms with Gasteiger partial charge in [0.2, 0.25) is 0 Å². The van der Waals surface area contributed by atoms with Gasteiger partial charge in [-0.1, -0.05) is 52.6 Å². The van der Waals surface area contributed by atoms with Crippen LogP contribution in [-0.4, -0.2) is 5.78 Å². The molecule has 16 heavy (non-hydrogen) atoms. The summed E-state index contributed by atoms with van der Waals surface area (Å²) in [5, 5.41) is 0. The number of benzene rings is 1. The van der Waals surface area contributed by atoms with Crippen molar-refractivity contribution in [2.24, 2.45) is 11.8 Å². The summed E-state index contributed by atoms with van der Waals surface area (Å²) in [7, 11) is 0. The fraction of sp³-hybridized carbons (Fsp3) is 0.462. The van der Waals surface area contributed by atoms with Crippen LogP contribution in [0.5, 0.6) is 0 Å². The molecule has 0 saturated carbocycles. The van der Waals surface area contributed by atoms with Gasteiger partial charge in [0, 0.05) is 20.4 Å². The highest BCUT2D eigenvalue weighted by atomic mass is 79.9. The van der Waals surface area contributed by atoms with Crippen LogP contribution in [0.1, 0.15) is 36.7 Å². The predicted molar refractivity (Wildman–Crippen MR) is 74.9 cm³/mol. The van der Waals surface area contributed by atoms with Crippen LogP contribution in [0.3, 0.4) is 0 Å². The molecule has 0 aliphatic carbocycles. The zero-order valence-electron chi connectivity index (χ0n) is 9.97. The second-order valence-corrected chi connectivity index (χ2v) is 6.19. The van der Waals surface area contributed by atoms with Gasteiger partial charge in [0.15, 0.2) is 5.78 Å². The van der Waals surface area contributed by atoms with Crippen LogP contribution in [0.2, 0.25) is 0 Å². The SMILES string of the molecule is Cc1cc(Br)c(C(=O)C(C)C(C)C)cc1Br. The molecule has 0 radical (unpaired) electrons. The fourth-order valence-electron chi connectivity index (χ4n) is 1.38. The summed E-state index contributed by atoms with van der Waals surface area (Å²) in [6.07, 6.45) is 0. The number of halogens is 2. The van der Waals surface area contributed by atoms with Gasteiger partial charge in [-0.2, -0.15) is 0 Å². The lowest BCUT2D eigenvalue weighted by Gasteiger charge is -2.16. The molecule has 1 nitrogen and oxygen atoms in total.